The molecule has 0 N–H and O–H groups in total. The van der Waals surface area contributed by atoms with E-state index in [1.807, 2.05) is 60.9 Å². The molecule has 3 heterocycles. The Morgan fingerprint density at radius 1 is 0.348 bits per heavy atom. The van der Waals surface area contributed by atoms with Gasteiger partial charge in [-0.1, -0.05) is 152 Å². The van der Waals surface area contributed by atoms with Crippen LogP contribution < -0.4 is 0 Å². The summed E-state index contributed by atoms with van der Waals surface area (Å²) in [6.45, 7) is 0. The fourth-order valence-electron chi connectivity index (χ4n) is 9.87. The molecular weight excluding hydrogens is 837 g/mol. The standard InChI is InChI=1S/C65H50N4/c66-43-47-22-24-50(25-23-47)51-30-32-52(33-31-51)62-41-56(65-42-55-8-7-9-57(55)44-69-65)34-35-61(62)60-11-2-1-10-59(60)58-39-48(16-14-45-18-26-53(27-19-45)63-12-3-5-36-67-63)38-49(40-58)17-15-46-20-28-54(29-21-46)64-13-4-6-37-68-64/h1-6,10-13,18-42,44H,7-9,14-17H2. The summed E-state index contributed by atoms with van der Waals surface area (Å²) in [6, 6.07) is 74.2. The third-order valence-corrected chi connectivity index (χ3v) is 13.6. The first-order valence-electron chi connectivity index (χ1n) is 24.1. The van der Waals surface area contributed by atoms with E-state index in [1.165, 1.54) is 62.1 Å². The zero-order chi connectivity index (χ0) is 46.4. The monoisotopic (exact) mass is 886 g/mol. The van der Waals surface area contributed by atoms with Gasteiger partial charge >= 0.3 is 0 Å². The van der Waals surface area contributed by atoms with Crippen molar-refractivity contribution in [2.24, 2.45) is 0 Å². The van der Waals surface area contributed by atoms with E-state index >= 15 is 0 Å². The summed E-state index contributed by atoms with van der Waals surface area (Å²) in [5.74, 6) is 0. The molecule has 10 aromatic rings. The van der Waals surface area contributed by atoms with Crippen LogP contribution in [0.5, 0.6) is 0 Å². The van der Waals surface area contributed by atoms with Crippen LogP contribution in [-0.4, -0.2) is 15.0 Å². The molecule has 4 heteroatoms. The number of aromatic nitrogens is 3. The van der Waals surface area contributed by atoms with Crippen molar-refractivity contribution < 1.29 is 0 Å². The maximum atomic E-state index is 9.40. The minimum Gasteiger partial charge on any atom is -0.256 e. The fraction of sp³-hybridized carbons (Fsp3) is 0.108. The number of fused-ring (bicyclic) bond motifs is 1. The molecule has 0 radical (unpaired) electrons. The molecule has 0 unspecified atom stereocenters. The first-order chi connectivity index (χ1) is 34.1. The van der Waals surface area contributed by atoms with Crippen molar-refractivity contribution in [3.05, 3.63) is 258 Å². The second-order valence-electron chi connectivity index (χ2n) is 18.1. The van der Waals surface area contributed by atoms with Crippen molar-refractivity contribution in [3.8, 4) is 84.3 Å². The number of aryl methyl sites for hydroxylation is 6. The number of benzene rings is 7. The third-order valence-electron chi connectivity index (χ3n) is 13.6. The molecule has 1 aliphatic rings. The Balaban J connectivity index is 0.961. The van der Waals surface area contributed by atoms with Crippen LogP contribution in [0.4, 0.5) is 0 Å². The molecule has 0 fully saturated rings. The van der Waals surface area contributed by atoms with Crippen LogP contribution in [0.1, 0.15) is 45.4 Å². The largest absolute Gasteiger partial charge is 0.256 e. The number of nitrogens with zero attached hydrogens (tertiary/aromatic N) is 4. The Labute approximate surface area is 405 Å². The SMILES string of the molecule is N#Cc1ccc(-c2ccc(-c3cc(-c4cc5c(cn4)CCC5)ccc3-c3ccccc3-c3cc(CCc4ccc(-c5ccccn5)cc4)cc(CCc4ccc(-c5ccccn5)cc4)c3)cc2)cc1. The van der Waals surface area contributed by atoms with Crippen molar-refractivity contribution in [1.82, 2.24) is 15.0 Å². The van der Waals surface area contributed by atoms with Crippen molar-refractivity contribution >= 4 is 0 Å². The van der Waals surface area contributed by atoms with Crippen LogP contribution >= 0.6 is 0 Å². The highest BCUT2D eigenvalue weighted by atomic mass is 14.7. The molecule has 69 heavy (non-hydrogen) atoms. The van der Waals surface area contributed by atoms with E-state index in [0.29, 0.717) is 5.56 Å². The van der Waals surface area contributed by atoms with Crippen LogP contribution in [0, 0.1) is 11.3 Å². The normalized spacial score (nSPS) is 11.8. The second-order valence-corrected chi connectivity index (χ2v) is 18.1. The summed E-state index contributed by atoms with van der Waals surface area (Å²) >= 11 is 0. The summed E-state index contributed by atoms with van der Waals surface area (Å²) < 4.78 is 0. The molecule has 7 aromatic carbocycles. The zero-order valence-electron chi connectivity index (χ0n) is 38.5. The number of rotatable bonds is 13. The maximum absolute atomic E-state index is 9.40. The average molecular weight is 887 g/mol. The van der Waals surface area contributed by atoms with Crippen molar-refractivity contribution in [3.63, 3.8) is 0 Å². The number of pyridine rings is 3. The molecule has 0 spiro atoms. The highest BCUT2D eigenvalue weighted by molar-refractivity contribution is 5.94. The Morgan fingerprint density at radius 2 is 0.855 bits per heavy atom. The van der Waals surface area contributed by atoms with E-state index in [-0.39, 0.29) is 0 Å². The minimum absolute atomic E-state index is 0.659. The molecule has 4 nitrogen and oxygen atoms in total. The molecular formula is C65H50N4. The van der Waals surface area contributed by atoms with E-state index < -0.39 is 0 Å². The average Bonchev–Trinajstić information content (AvgIpc) is 3.91. The molecule has 1 aliphatic carbocycles. The summed E-state index contributed by atoms with van der Waals surface area (Å²) in [4.78, 5) is 14.1. The second kappa shape index (κ2) is 19.8. The van der Waals surface area contributed by atoms with Crippen LogP contribution in [0.2, 0.25) is 0 Å². The lowest BCUT2D eigenvalue weighted by atomic mass is 9.86. The molecule has 0 aliphatic heterocycles. The van der Waals surface area contributed by atoms with Gasteiger partial charge in [0.1, 0.15) is 0 Å². The van der Waals surface area contributed by atoms with E-state index in [9.17, 15) is 5.26 Å². The van der Waals surface area contributed by atoms with Gasteiger partial charge in [0.2, 0.25) is 0 Å². The molecule has 0 saturated heterocycles. The van der Waals surface area contributed by atoms with Gasteiger partial charge in [0.25, 0.3) is 0 Å². The van der Waals surface area contributed by atoms with Gasteiger partial charge in [-0.25, -0.2) is 0 Å². The number of nitriles is 1. The first-order valence-corrected chi connectivity index (χ1v) is 24.1. The van der Waals surface area contributed by atoms with Gasteiger partial charge in [-0.2, -0.15) is 5.26 Å². The van der Waals surface area contributed by atoms with Crippen LogP contribution in [-0.2, 0) is 38.5 Å². The van der Waals surface area contributed by atoms with Crippen LogP contribution in [0.15, 0.2) is 219 Å². The highest BCUT2D eigenvalue weighted by Gasteiger charge is 2.18. The maximum Gasteiger partial charge on any atom is 0.0991 e. The van der Waals surface area contributed by atoms with Crippen LogP contribution in [0.3, 0.4) is 0 Å². The Bertz CT molecular complexity index is 3320. The smallest absolute Gasteiger partial charge is 0.0991 e. The van der Waals surface area contributed by atoms with Gasteiger partial charge in [-0.3, -0.25) is 15.0 Å². The van der Waals surface area contributed by atoms with Crippen molar-refractivity contribution in [2.75, 3.05) is 0 Å². The molecule has 330 valence electrons. The predicted octanol–water partition coefficient (Wildman–Crippen LogP) is 15.5. The molecule has 0 amide bonds. The third kappa shape index (κ3) is 9.68. The number of hydrogen-bond donors (Lipinski definition) is 0. The highest BCUT2D eigenvalue weighted by Crippen LogP contribution is 2.42. The zero-order valence-corrected chi connectivity index (χ0v) is 38.5. The molecule has 3 aromatic heterocycles. The molecule has 0 atom stereocenters. The lowest BCUT2D eigenvalue weighted by Crippen LogP contribution is -1.98. The quantitative estimate of drug-likeness (QED) is 0.116. The van der Waals surface area contributed by atoms with E-state index in [1.54, 1.807) is 0 Å². The summed E-state index contributed by atoms with van der Waals surface area (Å²) in [5.41, 5.74) is 24.4. The lowest BCUT2D eigenvalue weighted by Gasteiger charge is -2.18. The summed E-state index contributed by atoms with van der Waals surface area (Å²) in [7, 11) is 0. The molecule has 0 saturated carbocycles. The van der Waals surface area contributed by atoms with E-state index in [2.05, 4.69) is 174 Å². The number of hydrogen-bond acceptors (Lipinski definition) is 4. The van der Waals surface area contributed by atoms with Gasteiger partial charge in [0.05, 0.1) is 28.7 Å². The van der Waals surface area contributed by atoms with Crippen LogP contribution in [0.25, 0.3) is 78.3 Å². The summed E-state index contributed by atoms with van der Waals surface area (Å²) in [6.07, 6.45) is 12.9. The molecule has 11 rings (SSSR count). The van der Waals surface area contributed by atoms with E-state index in [4.69, 9.17) is 4.98 Å². The minimum atomic E-state index is 0.659. The summed E-state index contributed by atoms with van der Waals surface area (Å²) in [5, 5.41) is 9.40. The topological polar surface area (TPSA) is 62.5 Å². The van der Waals surface area contributed by atoms with Crippen molar-refractivity contribution in [2.45, 2.75) is 44.9 Å². The van der Waals surface area contributed by atoms with Gasteiger partial charge in [0.15, 0.2) is 0 Å². The lowest BCUT2D eigenvalue weighted by molar-refractivity contribution is 0.911. The first kappa shape index (κ1) is 43.1. The fourth-order valence-corrected chi connectivity index (χ4v) is 9.87. The van der Waals surface area contributed by atoms with E-state index in [0.717, 1.165) is 94.6 Å². The Kier molecular flexibility index (Phi) is 12.3. The van der Waals surface area contributed by atoms with Gasteiger partial charge in [-0.15, -0.1) is 0 Å². The van der Waals surface area contributed by atoms with Crippen molar-refractivity contribution in [1.29, 1.82) is 5.26 Å². The van der Waals surface area contributed by atoms with Gasteiger partial charge in [-0.05, 0) is 171 Å². The van der Waals surface area contributed by atoms with Gasteiger partial charge < -0.3 is 0 Å². The van der Waals surface area contributed by atoms with Gasteiger partial charge in [0, 0.05) is 35.3 Å². The predicted molar refractivity (Wildman–Crippen MR) is 282 cm³/mol. The Hall–Kier alpha value is -8.52. The Morgan fingerprint density at radius 3 is 1.45 bits per heavy atom. The molecule has 0 bridgehead atoms.